The lowest BCUT2D eigenvalue weighted by Gasteiger charge is -2.07. The van der Waals surface area contributed by atoms with Crippen LogP contribution in [0.25, 0.3) is 0 Å². The molecule has 0 saturated carbocycles. The number of hydrogen-bond acceptors (Lipinski definition) is 2. The van der Waals surface area contributed by atoms with Crippen LogP contribution in [-0.2, 0) is 17.8 Å². The van der Waals surface area contributed by atoms with E-state index in [1.54, 1.807) is 12.1 Å². The molecule has 0 atom stereocenters. The smallest absolute Gasteiger partial charge is 0.228 e. The molecule has 0 aromatic heterocycles. The molecule has 104 valence electrons. The predicted molar refractivity (Wildman–Crippen MR) is 73.0 cm³/mol. The van der Waals surface area contributed by atoms with Gasteiger partial charge in [-0.3, -0.25) is 4.79 Å². The number of nitrogens with one attached hydrogen (secondary N) is 1. The minimum atomic E-state index is -0.668. The Labute approximate surface area is 115 Å². The second-order valence-electron chi connectivity index (χ2n) is 4.37. The third-order valence-corrected chi connectivity index (χ3v) is 2.83. The van der Waals surface area contributed by atoms with E-state index in [2.05, 4.69) is 5.32 Å². The first kappa shape index (κ1) is 14.1. The summed E-state index contributed by atoms with van der Waals surface area (Å²) in [5.41, 5.74) is 7.06. The summed E-state index contributed by atoms with van der Waals surface area (Å²) in [5, 5.41) is 2.35. The summed E-state index contributed by atoms with van der Waals surface area (Å²) in [7, 11) is 0. The molecule has 0 fully saturated rings. The molecule has 1 amide bonds. The highest BCUT2D eigenvalue weighted by Crippen LogP contribution is 2.15. The average molecular weight is 276 g/mol. The molecule has 0 unspecified atom stereocenters. The summed E-state index contributed by atoms with van der Waals surface area (Å²) in [6.45, 7) is 0.432. The van der Waals surface area contributed by atoms with Crippen molar-refractivity contribution in [2.75, 3.05) is 5.32 Å². The normalized spacial score (nSPS) is 10.3. The Hall–Kier alpha value is -2.27. The number of anilines is 1. The van der Waals surface area contributed by atoms with Crippen molar-refractivity contribution < 1.29 is 13.6 Å². The van der Waals surface area contributed by atoms with Crippen molar-refractivity contribution in [2.45, 2.75) is 13.0 Å². The first-order valence-electron chi connectivity index (χ1n) is 6.11. The molecule has 0 aliphatic heterocycles. The molecule has 2 aromatic rings. The minimum absolute atomic E-state index is 0.0841. The van der Waals surface area contributed by atoms with Gasteiger partial charge in [0.05, 0.1) is 12.1 Å². The van der Waals surface area contributed by atoms with Gasteiger partial charge in [-0.05, 0) is 23.3 Å². The first-order valence-corrected chi connectivity index (χ1v) is 6.11. The zero-order valence-electron chi connectivity index (χ0n) is 10.7. The van der Waals surface area contributed by atoms with E-state index in [0.717, 1.165) is 29.3 Å². The zero-order chi connectivity index (χ0) is 14.5. The zero-order valence-corrected chi connectivity index (χ0v) is 10.7. The number of hydrogen-bond donors (Lipinski definition) is 2. The van der Waals surface area contributed by atoms with Crippen LogP contribution in [0.15, 0.2) is 42.5 Å². The van der Waals surface area contributed by atoms with Crippen molar-refractivity contribution in [3.8, 4) is 0 Å². The highest BCUT2D eigenvalue weighted by Gasteiger charge is 2.09. The van der Waals surface area contributed by atoms with E-state index >= 15 is 0 Å². The molecule has 0 aliphatic carbocycles. The van der Waals surface area contributed by atoms with E-state index in [4.69, 9.17) is 5.73 Å². The molecule has 0 aliphatic rings. The Balaban J connectivity index is 2.03. The molecule has 3 N–H and O–H groups in total. The van der Waals surface area contributed by atoms with E-state index < -0.39 is 17.5 Å². The van der Waals surface area contributed by atoms with Gasteiger partial charge in [0.2, 0.25) is 5.91 Å². The SMILES string of the molecule is NCc1ccc(CC(=O)Nc2cc(F)ccc2F)cc1. The van der Waals surface area contributed by atoms with Gasteiger partial charge < -0.3 is 11.1 Å². The van der Waals surface area contributed by atoms with Crippen molar-refractivity contribution in [2.24, 2.45) is 5.73 Å². The molecule has 3 nitrogen and oxygen atoms in total. The van der Waals surface area contributed by atoms with Crippen molar-refractivity contribution in [1.29, 1.82) is 0 Å². The molecule has 2 aromatic carbocycles. The number of nitrogens with two attached hydrogens (primary N) is 1. The summed E-state index contributed by atoms with van der Waals surface area (Å²) in [6, 6.07) is 10.1. The van der Waals surface area contributed by atoms with Gasteiger partial charge in [-0.25, -0.2) is 8.78 Å². The van der Waals surface area contributed by atoms with Crippen LogP contribution in [0, 0.1) is 11.6 Å². The van der Waals surface area contributed by atoms with Crippen LogP contribution in [0.2, 0.25) is 0 Å². The van der Waals surface area contributed by atoms with Crippen LogP contribution < -0.4 is 11.1 Å². The lowest BCUT2D eigenvalue weighted by atomic mass is 10.1. The van der Waals surface area contributed by atoms with Crippen LogP contribution in [0.5, 0.6) is 0 Å². The quantitative estimate of drug-likeness (QED) is 0.902. The van der Waals surface area contributed by atoms with Gasteiger partial charge in [-0.2, -0.15) is 0 Å². The third-order valence-electron chi connectivity index (χ3n) is 2.83. The van der Waals surface area contributed by atoms with Gasteiger partial charge in [-0.1, -0.05) is 24.3 Å². The van der Waals surface area contributed by atoms with Gasteiger partial charge in [0.25, 0.3) is 0 Å². The van der Waals surface area contributed by atoms with Crippen LogP contribution in [0.3, 0.4) is 0 Å². The number of halogens is 2. The molecule has 5 heteroatoms. The summed E-state index contributed by atoms with van der Waals surface area (Å²) in [6.07, 6.45) is 0.0841. The summed E-state index contributed by atoms with van der Waals surface area (Å²) in [4.78, 5) is 11.8. The molecule has 0 radical (unpaired) electrons. The monoisotopic (exact) mass is 276 g/mol. The summed E-state index contributed by atoms with van der Waals surface area (Å²) < 4.78 is 26.4. The van der Waals surface area contributed by atoms with Crippen molar-refractivity contribution >= 4 is 11.6 Å². The Morgan fingerprint density at radius 2 is 1.70 bits per heavy atom. The number of carbonyl (C=O) groups is 1. The minimum Gasteiger partial charge on any atom is -0.326 e. The number of carbonyl (C=O) groups excluding carboxylic acids is 1. The van der Waals surface area contributed by atoms with E-state index in [1.807, 2.05) is 12.1 Å². The summed E-state index contributed by atoms with van der Waals surface area (Å²) in [5.74, 6) is -1.68. The second kappa shape index (κ2) is 6.25. The standard InChI is InChI=1S/C15H14F2N2O/c16-12-5-6-13(17)14(8-12)19-15(20)7-10-1-3-11(9-18)4-2-10/h1-6,8H,7,9,18H2,(H,19,20). The van der Waals surface area contributed by atoms with Gasteiger partial charge in [0, 0.05) is 12.6 Å². The van der Waals surface area contributed by atoms with Crippen LogP contribution in [0.4, 0.5) is 14.5 Å². The first-order chi connectivity index (χ1) is 9.58. The van der Waals surface area contributed by atoms with Crippen molar-refractivity contribution in [1.82, 2.24) is 0 Å². The van der Waals surface area contributed by atoms with E-state index in [0.29, 0.717) is 6.54 Å². The molecule has 0 heterocycles. The number of rotatable bonds is 4. The van der Waals surface area contributed by atoms with Crippen LogP contribution in [-0.4, -0.2) is 5.91 Å². The second-order valence-corrected chi connectivity index (χ2v) is 4.37. The van der Waals surface area contributed by atoms with Gasteiger partial charge >= 0.3 is 0 Å². The molecular formula is C15H14F2N2O. The van der Waals surface area contributed by atoms with Gasteiger partial charge in [0.15, 0.2) is 0 Å². The number of benzene rings is 2. The Morgan fingerprint density at radius 3 is 2.35 bits per heavy atom. The predicted octanol–water partition coefficient (Wildman–Crippen LogP) is 2.60. The lowest BCUT2D eigenvalue weighted by Crippen LogP contribution is -2.15. The van der Waals surface area contributed by atoms with Crippen LogP contribution >= 0.6 is 0 Å². The maximum absolute atomic E-state index is 13.4. The van der Waals surface area contributed by atoms with Gasteiger partial charge in [-0.15, -0.1) is 0 Å². The molecular weight excluding hydrogens is 262 g/mol. The lowest BCUT2D eigenvalue weighted by molar-refractivity contribution is -0.115. The van der Waals surface area contributed by atoms with E-state index in [1.165, 1.54) is 0 Å². The fraction of sp³-hybridized carbons (Fsp3) is 0.133. The molecule has 0 bridgehead atoms. The Kier molecular flexibility index (Phi) is 4.42. The van der Waals surface area contributed by atoms with Crippen LogP contribution in [0.1, 0.15) is 11.1 Å². The van der Waals surface area contributed by atoms with E-state index in [9.17, 15) is 13.6 Å². The highest BCUT2D eigenvalue weighted by molar-refractivity contribution is 5.92. The van der Waals surface area contributed by atoms with E-state index in [-0.39, 0.29) is 12.1 Å². The summed E-state index contributed by atoms with van der Waals surface area (Å²) >= 11 is 0. The Bertz CT molecular complexity index is 612. The molecule has 0 saturated heterocycles. The Morgan fingerprint density at radius 1 is 1.05 bits per heavy atom. The van der Waals surface area contributed by atoms with Gasteiger partial charge in [0.1, 0.15) is 11.6 Å². The maximum Gasteiger partial charge on any atom is 0.228 e. The van der Waals surface area contributed by atoms with Crippen molar-refractivity contribution in [3.63, 3.8) is 0 Å². The fourth-order valence-electron chi connectivity index (χ4n) is 1.77. The molecule has 0 spiro atoms. The average Bonchev–Trinajstić information content (AvgIpc) is 2.43. The molecule has 2 rings (SSSR count). The largest absolute Gasteiger partial charge is 0.326 e. The van der Waals surface area contributed by atoms with Crippen molar-refractivity contribution in [3.05, 3.63) is 65.2 Å². The fourth-order valence-corrected chi connectivity index (χ4v) is 1.77. The third kappa shape index (κ3) is 3.61. The molecule has 20 heavy (non-hydrogen) atoms. The maximum atomic E-state index is 13.4. The number of amides is 1. The highest BCUT2D eigenvalue weighted by atomic mass is 19.1. The topological polar surface area (TPSA) is 55.1 Å².